The Bertz CT molecular complexity index is 2490. The van der Waals surface area contributed by atoms with Crippen LogP contribution in [0.3, 0.4) is 0 Å². The van der Waals surface area contributed by atoms with Crippen molar-refractivity contribution in [3.63, 3.8) is 0 Å². The Labute approximate surface area is 333 Å². The quantitative estimate of drug-likeness (QED) is 0.111. The van der Waals surface area contributed by atoms with Crippen LogP contribution in [0.4, 0.5) is 10.1 Å². The Hall–Kier alpha value is -6.56. The Morgan fingerprint density at radius 2 is 1.31 bits per heavy atom. The summed E-state index contributed by atoms with van der Waals surface area (Å²) in [6, 6.07) is 38.4. The van der Waals surface area contributed by atoms with Crippen molar-refractivity contribution in [3.05, 3.63) is 183 Å². The van der Waals surface area contributed by atoms with Gasteiger partial charge in [-0.1, -0.05) is 121 Å². The number of ether oxygens (including phenoxy) is 2. The van der Waals surface area contributed by atoms with Gasteiger partial charge in [0.15, 0.2) is 17.1 Å². The zero-order valence-corrected chi connectivity index (χ0v) is 31.4. The lowest BCUT2D eigenvalue weighted by Gasteiger charge is -2.47. The highest BCUT2D eigenvalue weighted by Gasteiger charge is 2.64. The summed E-state index contributed by atoms with van der Waals surface area (Å²) in [6.07, 6.45) is -0.0439. The molecule has 10 nitrogen and oxygen atoms in total. The molecule has 0 aliphatic heterocycles. The van der Waals surface area contributed by atoms with Gasteiger partial charge in [-0.25, -0.2) is 4.39 Å². The number of aliphatic hydroxyl groups is 2. The monoisotopic (exact) mass is 777 g/mol. The number of nitrogens with zero attached hydrogens (tertiary/aromatic N) is 2. The molecule has 0 radical (unpaired) electrons. The van der Waals surface area contributed by atoms with Crippen molar-refractivity contribution in [2.75, 3.05) is 4.90 Å². The molecule has 1 heterocycles. The molecule has 1 saturated carbocycles. The van der Waals surface area contributed by atoms with Gasteiger partial charge >= 0.3 is 0 Å². The average molecular weight is 778 g/mol. The minimum absolute atomic E-state index is 0.00353. The van der Waals surface area contributed by atoms with Crippen LogP contribution in [0.25, 0.3) is 5.76 Å². The first-order valence-corrected chi connectivity index (χ1v) is 19.2. The second-order valence-electron chi connectivity index (χ2n) is 15.1. The largest absolute Gasteiger partial charge is 0.507 e. The molecule has 3 aliphatic rings. The number of nitrogens with two attached hydrogens (primary N) is 1. The van der Waals surface area contributed by atoms with E-state index in [2.05, 4.69) is 5.16 Å². The maximum absolute atomic E-state index is 16.8. The van der Waals surface area contributed by atoms with Crippen molar-refractivity contribution in [1.29, 1.82) is 0 Å². The van der Waals surface area contributed by atoms with E-state index in [0.29, 0.717) is 18.8 Å². The molecule has 3 aliphatic carbocycles. The molecule has 0 bridgehead atoms. The molecule has 4 N–H and O–H groups in total. The van der Waals surface area contributed by atoms with Gasteiger partial charge in [0, 0.05) is 36.2 Å². The van der Waals surface area contributed by atoms with E-state index in [1.807, 2.05) is 126 Å². The van der Waals surface area contributed by atoms with Gasteiger partial charge in [0.25, 0.3) is 5.88 Å². The fourth-order valence-electron chi connectivity index (χ4n) is 8.67. The molecule has 58 heavy (non-hydrogen) atoms. The number of carbonyl (C=O) groups is 2. The van der Waals surface area contributed by atoms with E-state index in [1.54, 1.807) is 0 Å². The molecule has 11 heteroatoms. The van der Waals surface area contributed by atoms with Crippen LogP contribution >= 0.6 is 0 Å². The average Bonchev–Trinajstić information content (AvgIpc) is 3.68. The first-order valence-electron chi connectivity index (χ1n) is 19.2. The minimum Gasteiger partial charge on any atom is -0.507 e. The van der Waals surface area contributed by atoms with E-state index in [1.165, 1.54) is 6.07 Å². The first kappa shape index (κ1) is 37.0. The van der Waals surface area contributed by atoms with Crippen LogP contribution in [0.5, 0.6) is 11.6 Å². The van der Waals surface area contributed by atoms with E-state index < -0.39 is 46.6 Å². The van der Waals surface area contributed by atoms with E-state index in [4.69, 9.17) is 19.7 Å². The van der Waals surface area contributed by atoms with E-state index >= 15 is 4.39 Å². The highest BCUT2D eigenvalue weighted by atomic mass is 19.1. The highest BCUT2D eigenvalue weighted by molar-refractivity contribution is 6.26. The Morgan fingerprint density at radius 3 is 1.88 bits per heavy atom. The van der Waals surface area contributed by atoms with Crippen molar-refractivity contribution in [3.8, 4) is 11.6 Å². The lowest BCUT2D eigenvalue weighted by molar-refractivity contribution is -0.140. The molecular formula is C47H40FN3O7. The molecule has 0 amide bonds. The molecular weight excluding hydrogens is 738 g/mol. The Morgan fingerprint density at radius 1 is 0.776 bits per heavy atom. The van der Waals surface area contributed by atoms with Crippen LogP contribution in [0.15, 0.2) is 137 Å². The molecule has 4 atom stereocenters. The summed E-state index contributed by atoms with van der Waals surface area (Å²) in [7, 11) is 0. The van der Waals surface area contributed by atoms with Gasteiger partial charge in [0.2, 0.25) is 11.6 Å². The predicted octanol–water partition coefficient (Wildman–Crippen LogP) is 7.84. The third-order valence-electron chi connectivity index (χ3n) is 11.5. The standard InChI is InChI=1S/C47H40FN3O7/c48-35-23-36(51(24-28-13-5-1-6-14-28)25-29-15-7-2-8-16-29)42(56-26-30-17-9-3-10-18-30)38-33(35)21-32-22-34-40(49)43-39(45(54)47(34,55)44(53)37(32)41(38)52)46(50-58-43)57-27-31-19-11-4-12-20-31/h1-20,23,32,34,40,52,55H,21-22,24-27,49H2/t32-,34-,40-,47-/m0/s1. The fraction of sp³-hybridized carbons (Fsp3) is 0.213. The maximum Gasteiger partial charge on any atom is 0.265 e. The number of hydrogen-bond donors (Lipinski definition) is 3. The summed E-state index contributed by atoms with van der Waals surface area (Å²) in [6.45, 7) is 0.822. The van der Waals surface area contributed by atoms with Gasteiger partial charge in [-0.2, -0.15) is 0 Å². The summed E-state index contributed by atoms with van der Waals surface area (Å²) >= 11 is 0. The number of carbonyl (C=O) groups excluding carboxylic acids is 2. The Kier molecular flexibility index (Phi) is 9.63. The summed E-state index contributed by atoms with van der Waals surface area (Å²) in [5.74, 6) is -5.11. The number of aromatic nitrogens is 1. The van der Waals surface area contributed by atoms with Crippen LogP contribution < -0.4 is 20.1 Å². The molecule has 9 rings (SSSR count). The topological polar surface area (TPSA) is 148 Å². The van der Waals surface area contributed by atoms with Gasteiger partial charge < -0.3 is 34.8 Å². The van der Waals surface area contributed by atoms with Gasteiger partial charge in [-0.05, 0) is 46.2 Å². The zero-order valence-electron chi connectivity index (χ0n) is 31.4. The van der Waals surface area contributed by atoms with Crippen molar-refractivity contribution in [1.82, 2.24) is 5.16 Å². The summed E-state index contributed by atoms with van der Waals surface area (Å²) < 4.78 is 34.8. The van der Waals surface area contributed by atoms with Gasteiger partial charge in [0.05, 0.1) is 17.3 Å². The van der Waals surface area contributed by atoms with Crippen molar-refractivity contribution < 1.29 is 38.2 Å². The van der Waals surface area contributed by atoms with Gasteiger partial charge in [-0.3, -0.25) is 9.59 Å². The Balaban J connectivity index is 1.16. The summed E-state index contributed by atoms with van der Waals surface area (Å²) in [4.78, 5) is 31.2. The number of hydrogen-bond acceptors (Lipinski definition) is 10. The van der Waals surface area contributed by atoms with Gasteiger partial charge in [-0.15, -0.1) is 0 Å². The highest BCUT2D eigenvalue weighted by Crippen LogP contribution is 2.55. The second kappa shape index (κ2) is 15.1. The van der Waals surface area contributed by atoms with Gasteiger partial charge in [0.1, 0.15) is 30.4 Å². The van der Waals surface area contributed by atoms with Crippen molar-refractivity contribution in [2.24, 2.45) is 17.6 Å². The fourth-order valence-corrected chi connectivity index (χ4v) is 8.67. The molecule has 292 valence electrons. The lowest BCUT2D eigenvalue weighted by Crippen LogP contribution is -2.63. The van der Waals surface area contributed by atoms with E-state index in [0.717, 1.165) is 22.3 Å². The van der Waals surface area contributed by atoms with Crippen LogP contribution in [-0.4, -0.2) is 32.5 Å². The molecule has 0 spiro atoms. The molecule has 1 fully saturated rings. The normalized spacial score (nSPS) is 20.8. The minimum atomic E-state index is -2.69. The smallest absolute Gasteiger partial charge is 0.265 e. The number of fused-ring (bicyclic) bond motifs is 4. The summed E-state index contributed by atoms with van der Waals surface area (Å²) in [5, 5.41) is 28.7. The van der Waals surface area contributed by atoms with Crippen LogP contribution in [0, 0.1) is 17.7 Å². The SMILES string of the molecule is N[C@@H]1c2onc(OCc3ccccc3)c2C(=O)[C@@]2(O)C(=O)C3=C(O)c4c(c(F)cc(N(Cc5ccccc5)Cc5ccccc5)c4OCc4ccccc4)C[C@H]3C[C@@H]12. The van der Waals surface area contributed by atoms with Crippen LogP contribution in [-0.2, 0) is 37.5 Å². The first-order chi connectivity index (χ1) is 28.2. The number of anilines is 1. The molecule has 0 saturated heterocycles. The van der Waals surface area contributed by atoms with E-state index in [9.17, 15) is 19.8 Å². The van der Waals surface area contributed by atoms with Crippen molar-refractivity contribution >= 4 is 23.0 Å². The summed E-state index contributed by atoms with van der Waals surface area (Å²) in [5.41, 5.74) is 7.63. The van der Waals surface area contributed by atoms with Crippen LogP contribution in [0.2, 0.25) is 0 Å². The number of benzene rings is 5. The third kappa shape index (κ3) is 6.42. The second-order valence-corrected chi connectivity index (χ2v) is 15.1. The number of Topliss-reactive ketones (excluding diaryl/α,β-unsaturated/α-hetero) is 2. The lowest BCUT2D eigenvalue weighted by atomic mass is 9.57. The molecule has 0 unspecified atom stereocenters. The number of rotatable bonds is 11. The number of ketones is 2. The maximum atomic E-state index is 16.8. The predicted molar refractivity (Wildman–Crippen MR) is 213 cm³/mol. The third-order valence-corrected chi connectivity index (χ3v) is 11.5. The number of aliphatic hydroxyl groups excluding tert-OH is 1. The molecule has 1 aromatic heterocycles. The number of halogens is 1. The van der Waals surface area contributed by atoms with E-state index in [-0.39, 0.29) is 65.7 Å². The van der Waals surface area contributed by atoms with Crippen molar-refractivity contribution in [2.45, 2.75) is 50.8 Å². The molecule has 5 aromatic carbocycles. The molecule has 6 aromatic rings. The zero-order chi connectivity index (χ0) is 40.0. The van der Waals surface area contributed by atoms with Crippen LogP contribution in [0.1, 0.15) is 62.0 Å².